The second-order valence-corrected chi connectivity index (χ2v) is 16.0. The molecule has 0 aliphatic carbocycles. The third-order valence-electron chi connectivity index (χ3n) is 11.1. The molecule has 4 aromatic rings. The summed E-state index contributed by atoms with van der Waals surface area (Å²) in [5.41, 5.74) is 3.71. The van der Waals surface area contributed by atoms with Gasteiger partial charge in [-0.15, -0.1) is 0 Å². The molecular weight excluding hydrogens is 736 g/mol. The molecule has 2 fully saturated rings. The van der Waals surface area contributed by atoms with Crippen LogP contribution in [0.15, 0.2) is 36.7 Å². The summed E-state index contributed by atoms with van der Waals surface area (Å²) in [5.74, 6) is 0.701. The summed E-state index contributed by atoms with van der Waals surface area (Å²) in [6.45, 7) is 13.1. The highest BCUT2D eigenvalue weighted by Gasteiger charge is 2.50. The third kappa shape index (κ3) is 8.49. The fraction of sp³-hybridized carbons (Fsp3) is 0.487. The summed E-state index contributed by atoms with van der Waals surface area (Å²) in [4.78, 5) is 54.8. The molecule has 0 unspecified atom stereocenters. The van der Waals surface area contributed by atoms with Crippen LogP contribution >= 0.6 is 0 Å². The van der Waals surface area contributed by atoms with Gasteiger partial charge in [-0.1, -0.05) is 13.8 Å². The number of fused-ring (bicyclic) bond motifs is 2. The van der Waals surface area contributed by atoms with Gasteiger partial charge in [-0.25, -0.2) is 9.59 Å². The van der Waals surface area contributed by atoms with Crippen molar-refractivity contribution in [3.8, 4) is 11.5 Å². The summed E-state index contributed by atoms with van der Waals surface area (Å²) in [5, 5.41) is 39.6. The number of piperidine rings is 2. The number of aromatic nitrogens is 4. The molecule has 0 atom stereocenters. The summed E-state index contributed by atoms with van der Waals surface area (Å²) < 4.78 is 14.3. The number of methoxy groups -OCH3 is 2. The van der Waals surface area contributed by atoms with E-state index in [-0.39, 0.29) is 49.6 Å². The summed E-state index contributed by atoms with van der Waals surface area (Å²) >= 11 is 0. The standard InChI is InChI=1S/C39H50N10O8/c1-24-15-46(42-26(24)3)17-30-32(56-7)11-9-28(34(30)48(52)53)13-40-36(50)44-20-38(5)19-39(6,21-44)23-45(22-38)37(51)41-14-29-10-12-33(57-8)31(35(29)49(54)55)18-47-16-25(2)27(4)43-47/h9-12,15-16H,13-14,17-23H2,1-8H3,(H,40,50)(H,41,51). The number of rotatable bonds is 12. The molecule has 2 aromatic heterocycles. The predicted molar refractivity (Wildman–Crippen MR) is 209 cm³/mol. The van der Waals surface area contributed by atoms with Crippen LogP contribution in [0.25, 0.3) is 0 Å². The van der Waals surface area contributed by atoms with Crippen molar-refractivity contribution >= 4 is 23.4 Å². The highest BCUT2D eigenvalue weighted by molar-refractivity contribution is 5.76. The number of benzene rings is 2. The summed E-state index contributed by atoms with van der Waals surface area (Å²) in [6, 6.07) is 5.78. The Balaban J connectivity index is 1.13. The molecule has 2 aliphatic rings. The second kappa shape index (κ2) is 15.7. The fourth-order valence-corrected chi connectivity index (χ4v) is 8.64. The lowest BCUT2D eigenvalue weighted by Gasteiger charge is -2.56. The Morgan fingerprint density at radius 2 is 1.07 bits per heavy atom. The van der Waals surface area contributed by atoms with Crippen molar-refractivity contribution in [3.05, 3.63) is 102 Å². The predicted octanol–water partition coefficient (Wildman–Crippen LogP) is 5.40. The second-order valence-electron chi connectivity index (χ2n) is 16.0. The van der Waals surface area contributed by atoms with Crippen molar-refractivity contribution in [3.63, 3.8) is 0 Å². The van der Waals surface area contributed by atoms with Gasteiger partial charge in [-0.3, -0.25) is 29.6 Å². The Labute approximate surface area is 330 Å². The third-order valence-corrected chi connectivity index (χ3v) is 11.1. The Hall–Kier alpha value is -6.20. The molecule has 18 nitrogen and oxygen atoms in total. The number of urea groups is 2. The zero-order valence-corrected chi connectivity index (χ0v) is 33.7. The molecule has 0 radical (unpaired) electrons. The van der Waals surface area contributed by atoms with Crippen LogP contribution in [0.3, 0.4) is 0 Å². The largest absolute Gasteiger partial charge is 0.496 e. The number of carbonyl (C=O) groups is 2. The van der Waals surface area contributed by atoms with E-state index < -0.39 is 20.7 Å². The monoisotopic (exact) mass is 786 g/mol. The first-order valence-electron chi connectivity index (χ1n) is 18.7. The number of likely N-dealkylation sites (tertiary alicyclic amines) is 2. The van der Waals surface area contributed by atoms with Gasteiger partial charge >= 0.3 is 12.1 Å². The maximum absolute atomic E-state index is 13.7. The molecule has 2 N–H and O–H groups in total. The van der Waals surface area contributed by atoms with Crippen molar-refractivity contribution in [2.24, 2.45) is 10.8 Å². The summed E-state index contributed by atoms with van der Waals surface area (Å²) in [7, 11) is 2.91. The molecule has 2 bridgehead atoms. The van der Waals surface area contributed by atoms with Gasteiger partial charge in [0.1, 0.15) is 11.5 Å². The van der Waals surface area contributed by atoms with E-state index in [1.807, 2.05) is 53.9 Å². The molecule has 0 saturated carbocycles. The normalized spacial score (nSPS) is 18.9. The van der Waals surface area contributed by atoms with Gasteiger partial charge in [0, 0.05) is 60.5 Å². The first kappa shape index (κ1) is 40.5. The molecule has 4 amide bonds. The molecule has 0 spiro atoms. The van der Waals surface area contributed by atoms with Gasteiger partial charge in [0.25, 0.3) is 11.4 Å². The zero-order chi connectivity index (χ0) is 41.4. The number of nitrogens with one attached hydrogen (secondary N) is 2. The molecule has 4 heterocycles. The van der Waals surface area contributed by atoms with Crippen LogP contribution in [0.1, 0.15) is 65.0 Å². The van der Waals surface area contributed by atoms with Gasteiger partial charge < -0.3 is 29.9 Å². The lowest BCUT2D eigenvalue weighted by atomic mass is 9.65. The van der Waals surface area contributed by atoms with Crippen LogP contribution in [-0.4, -0.2) is 91.7 Å². The van der Waals surface area contributed by atoms with E-state index in [2.05, 4.69) is 20.8 Å². The van der Waals surface area contributed by atoms with Gasteiger partial charge in [-0.2, -0.15) is 10.2 Å². The SMILES string of the molecule is COc1ccc(CNC(=O)N2CC3(C)CN(C(=O)NCc4ccc(OC)c(Cn5cc(C)c(C)n5)c4[N+](=O)[O-])CC(C)(C2)C3)c([N+](=O)[O-])c1Cn1cc(C)c(C)n1. The van der Waals surface area contributed by atoms with Gasteiger partial charge in [0.15, 0.2) is 0 Å². The molecule has 2 aliphatic heterocycles. The number of aryl methyl sites for hydroxylation is 4. The van der Waals surface area contributed by atoms with Gasteiger partial charge in [0.05, 0.1) is 72.8 Å². The van der Waals surface area contributed by atoms with Crippen molar-refractivity contribution in [2.45, 2.75) is 74.1 Å². The van der Waals surface area contributed by atoms with Crippen LogP contribution in [-0.2, 0) is 26.2 Å². The highest BCUT2D eigenvalue weighted by Crippen LogP contribution is 2.45. The smallest absolute Gasteiger partial charge is 0.317 e. The minimum Gasteiger partial charge on any atom is -0.496 e. The number of nitro benzene ring substituents is 2. The zero-order valence-electron chi connectivity index (χ0n) is 33.7. The van der Waals surface area contributed by atoms with E-state index in [1.165, 1.54) is 14.2 Å². The Morgan fingerprint density at radius 1 is 0.702 bits per heavy atom. The number of hydrogen-bond donors (Lipinski definition) is 2. The van der Waals surface area contributed by atoms with Crippen molar-refractivity contribution in [2.75, 3.05) is 40.4 Å². The molecule has 18 heteroatoms. The Morgan fingerprint density at radius 3 is 1.37 bits per heavy atom. The number of carbonyl (C=O) groups excluding carboxylic acids is 2. The molecular formula is C39H50N10O8. The van der Waals surface area contributed by atoms with Gasteiger partial charge in [-0.05, 0) is 69.5 Å². The van der Waals surface area contributed by atoms with E-state index in [9.17, 15) is 29.8 Å². The Bertz CT molecular complexity index is 2020. The van der Waals surface area contributed by atoms with Crippen LogP contribution in [0.5, 0.6) is 11.5 Å². The van der Waals surface area contributed by atoms with Crippen molar-refractivity contribution < 1.29 is 28.9 Å². The maximum Gasteiger partial charge on any atom is 0.317 e. The van der Waals surface area contributed by atoms with E-state index in [0.717, 1.165) is 28.9 Å². The molecule has 2 saturated heterocycles. The average Bonchev–Trinajstić information content (AvgIpc) is 3.63. The van der Waals surface area contributed by atoms with Crippen LogP contribution in [0.2, 0.25) is 0 Å². The van der Waals surface area contributed by atoms with Crippen molar-refractivity contribution in [1.82, 2.24) is 40.0 Å². The first-order valence-corrected chi connectivity index (χ1v) is 18.7. The van der Waals surface area contributed by atoms with Crippen LogP contribution in [0.4, 0.5) is 21.0 Å². The number of hydrogen-bond acceptors (Lipinski definition) is 10. The Kier molecular flexibility index (Phi) is 11.2. The quantitative estimate of drug-likeness (QED) is 0.138. The first-order chi connectivity index (χ1) is 26.9. The lowest BCUT2D eigenvalue weighted by molar-refractivity contribution is -0.386. The maximum atomic E-state index is 13.7. The number of ether oxygens (including phenoxy) is 2. The summed E-state index contributed by atoms with van der Waals surface area (Å²) in [6.07, 6.45) is 4.41. The fourth-order valence-electron chi connectivity index (χ4n) is 8.64. The lowest BCUT2D eigenvalue weighted by Crippen LogP contribution is -2.65. The topological polar surface area (TPSA) is 205 Å². The minimum absolute atomic E-state index is 0.0812. The van der Waals surface area contributed by atoms with E-state index in [0.29, 0.717) is 59.9 Å². The highest BCUT2D eigenvalue weighted by atomic mass is 16.6. The molecule has 304 valence electrons. The van der Waals surface area contributed by atoms with E-state index in [4.69, 9.17) is 9.47 Å². The molecule has 6 rings (SSSR count). The molecule has 2 aromatic carbocycles. The van der Waals surface area contributed by atoms with Gasteiger partial charge in [0.2, 0.25) is 0 Å². The average molecular weight is 787 g/mol. The number of nitro groups is 2. The number of amides is 4. The van der Waals surface area contributed by atoms with Crippen LogP contribution in [0, 0.1) is 58.8 Å². The minimum atomic E-state index is -0.460. The van der Waals surface area contributed by atoms with E-state index in [1.54, 1.807) is 43.4 Å². The molecule has 57 heavy (non-hydrogen) atoms. The van der Waals surface area contributed by atoms with E-state index >= 15 is 0 Å². The number of nitrogens with zero attached hydrogens (tertiary/aromatic N) is 8. The van der Waals surface area contributed by atoms with Crippen molar-refractivity contribution in [1.29, 1.82) is 0 Å². The van der Waals surface area contributed by atoms with Crippen LogP contribution < -0.4 is 20.1 Å².